The van der Waals surface area contributed by atoms with Crippen molar-refractivity contribution in [3.8, 4) is 0 Å². The normalized spacial score (nSPS) is 40.1. The number of hydrogen-bond donors (Lipinski definition) is 0. The number of nitrogens with zero attached hydrogens (tertiary/aromatic N) is 1. The highest BCUT2D eigenvalue weighted by molar-refractivity contribution is 7.80. The van der Waals surface area contributed by atoms with Crippen LogP contribution >= 0.6 is 12.2 Å². The number of hydrogen-bond acceptors (Lipinski definition) is 1. The van der Waals surface area contributed by atoms with Crippen LogP contribution in [0.2, 0.25) is 5.31 Å². The standard InChI is InChI=1S/C14H24BNS/c1-14(15)8-3-5-11-7-10-16(2)13(17)12(11)6-4-9-14/h11-12H,3-10H2,1-2H3. The summed E-state index contributed by atoms with van der Waals surface area (Å²) in [7, 11) is 8.48. The second-order valence-electron chi connectivity index (χ2n) is 6.35. The molecular weight excluding hydrogens is 225 g/mol. The minimum absolute atomic E-state index is 0.0566. The van der Waals surface area contributed by atoms with Gasteiger partial charge in [0, 0.05) is 19.5 Å². The summed E-state index contributed by atoms with van der Waals surface area (Å²) >= 11 is 5.63. The molecule has 0 N–H and O–H groups in total. The van der Waals surface area contributed by atoms with Gasteiger partial charge in [0.1, 0.15) is 0 Å². The molecule has 1 aliphatic heterocycles. The average molecular weight is 249 g/mol. The zero-order chi connectivity index (χ0) is 12.5. The zero-order valence-corrected chi connectivity index (χ0v) is 12.1. The molecule has 2 rings (SSSR count). The van der Waals surface area contributed by atoms with Gasteiger partial charge in [0.15, 0.2) is 0 Å². The number of likely N-dealkylation sites (tertiary alicyclic amines) is 1. The molecule has 0 amide bonds. The molecule has 3 heteroatoms. The number of fused-ring (bicyclic) bond motifs is 1. The van der Waals surface area contributed by atoms with Crippen LogP contribution in [0.3, 0.4) is 0 Å². The summed E-state index contributed by atoms with van der Waals surface area (Å²) in [6.07, 6.45) is 8.75. The Morgan fingerprint density at radius 1 is 1.24 bits per heavy atom. The Bertz CT molecular complexity index is 290. The second-order valence-corrected chi connectivity index (χ2v) is 6.77. The first kappa shape index (κ1) is 13.4. The highest BCUT2D eigenvalue weighted by Crippen LogP contribution is 2.41. The van der Waals surface area contributed by atoms with Crippen molar-refractivity contribution in [3.05, 3.63) is 0 Å². The fourth-order valence-electron chi connectivity index (χ4n) is 3.48. The molecule has 1 saturated carbocycles. The maximum atomic E-state index is 6.32. The van der Waals surface area contributed by atoms with Crippen molar-refractivity contribution >= 4 is 25.1 Å². The molecule has 1 heterocycles. The van der Waals surface area contributed by atoms with Crippen LogP contribution in [0.5, 0.6) is 0 Å². The van der Waals surface area contributed by atoms with Crippen molar-refractivity contribution in [3.63, 3.8) is 0 Å². The lowest BCUT2D eigenvalue weighted by Crippen LogP contribution is -2.42. The first-order valence-corrected chi connectivity index (χ1v) is 7.44. The van der Waals surface area contributed by atoms with Gasteiger partial charge in [0.05, 0.1) is 12.8 Å². The van der Waals surface area contributed by atoms with Gasteiger partial charge in [-0.1, -0.05) is 50.1 Å². The third kappa shape index (κ3) is 3.24. The van der Waals surface area contributed by atoms with Gasteiger partial charge in [-0.25, -0.2) is 0 Å². The van der Waals surface area contributed by atoms with E-state index < -0.39 is 0 Å². The van der Waals surface area contributed by atoms with Gasteiger partial charge in [-0.15, -0.1) is 0 Å². The summed E-state index contributed by atoms with van der Waals surface area (Å²) in [6.45, 7) is 3.37. The van der Waals surface area contributed by atoms with Gasteiger partial charge in [0.2, 0.25) is 0 Å². The van der Waals surface area contributed by atoms with Crippen molar-refractivity contribution in [2.24, 2.45) is 11.8 Å². The van der Waals surface area contributed by atoms with Gasteiger partial charge in [0.25, 0.3) is 0 Å². The molecular formula is C14H24BNS. The summed E-state index contributed by atoms with van der Waals surface area (Å²) in [5, 5.41) is 0.0566. The maximum Gasteiger partial charge on any atom is 0.0810 e. The Morgan fingerprint density at radius 2 is 1.88 bits per heavy atom. The predicted octanol–water partition coefficient (Wildman–Crippen LogP) is 3.58. The molecule has 1 nitrogen and oxygen atoms in total. The van der Waals surface area contributed by atoms with Gasteiger partial charge in [-0.05, 0) is 25.2 Å². The number of thiocarbonyl (C=S) groups is 1. The predicted molar refractivity (Wildman–Crippen MR) is 78.6 cm³/mol. The molecule has 0 aromatic carbocycles. The van der Waals surface area contributed by atoms with Crippen molar-refractivity contribution in [1.29, 1.82) is 0 Å². The van der Waals surface area contributed by atoms with E-state index in [-0.39, 0.29) is 5.31 Å². The summed E-state index contributed by atoms with van der Waals surface area (Å²) in [6, 6.07) is 0. The van der Waals surface area contributed by atoms with Gasteiger partial charge in [-0.3, -0.25) is 0 Å². The molecule has 0 aromatic rings. The molecule has 2 fully saturated rings. The highest BCUT2D eigenvalue weighted by atomic mass is 32.1. The number of rotatable bonds is 0. The Morgan fingerprint density at radius 3 is 2.59 bits per heavy atom. The highest BCUT2D eigenvalue weighted by Gasteiger charge is 2.33. The number of piperidine rings is 1. The Balaban J connectivity index is 2.05. The van der Waals surface area contributed by atoms with Crippen LogP contribution in [-0.2, 0) is 0 Å². The molecule has 0 aromatic heterocycles. The van der Waals surface area contributed by atoms with Gasteiger partial charge >= 0.3 is 0 Å². The lowest BCUT2D eigenvalue weighted by molar-refractivity contribution is 0.259. The SMILES string of the molecule is [B]C1(C)CCCC2CCN(C)C(=S)C2CCC1. The fourth-order valence-corrected chi connectivity index (χ4v) is 3.88. The van der Waals surface area contributed by atoms with E-state index in [0.29, 0.717) is 5.92 Å². The average Bonchev–Trinajstić information content (AvgIpc) is 2.33. The topological polar surface area (TPSA) is 3.24 Å². The van der Waals surface area contributed by atoms with Crippen LogP contribution < -0.4 is 0 Å². The molecule has 3 unspecified atom stereocenters. The lowest BCUT2D eigenvalue weighted by atomic mass is 9.64. The van der Waals surface area contributed by atoms with Gasteiger partial charge < -0.3 is 4.90 Å². The maximum absolute atomic E-state index is 6.32. The first-order chi connectivity index (χ1) is 7.99. The minimum Gasteiger partial charge on any atom is -0.369 e. The minimum atomic E-state index is 0.0566. The summed E-state index contributed by atoms with van der Waals surface area (Å²) in [5.41, 5.74) is 0. The van der Waals surface area contributed by atoms with Crippen LogP contribution in [-0.4, -0.2) is 31.3 Å². The van der Waals surface area contributed by atoms with E-state index >= 15 is 0 Å². The van der Waals surface area contributed by atoms with E-state index in [1.807, 2.05) is 0 Å². The smallest absolute Gasteiger partial charge is 0.0810 e. The lowest BCUT2D eigenvalue weighted by Gasteiger charge is -2.38. The molecule has 17 heavy (non-hydrogen) atoms. The molecule has 2 aliphatic rings. The third-order valence-corrected chi connectivity index (χ3v) is 5.30. The van der Waals surface area contributed by atoms with Crippen molar-refractivity contribution < 1.29 is 0 Å². The quantitative estimate of drug-likeness (QED) is 0.477. The van der Waals surface area contributed by atoms with Gasteiger partial charge in [-0.2, -0.15) is 0 Å². The molecule has 3 atom stereocenters. The molecule has 94 valence electrons. The van der Waals surface area contributed by atoms with Crippen LogP contribution in [0.25, 0.3) is 0 Å². The van der Waals surface area contributed by atoms with E-state index in [9.17, 15) is 0 Å². The van der Waals surface area contributed by atoms with Crippen LogP contribution in [0.1, 0.15) is 51.9 Å². The summed E-state index contributed by atoms with van der Waals surface area (Å²) < 4.78 is 0. The van der Waals surface area contributed by atoms with E-state index in [1.165, 1.54) is 43.5 Å². The second kappa shape index (κ2) is 5.30. The van der Waals surface area contributed by atoms with E-state index in [4.69, 9.17) is 20.1 Å². The van der Waals surface area contributed by atoms with E-state index in [1.54, 1.807) is 0 Å². The molecule has 0 spiro atoms. The van der Waals surface area contributed by atoms with E-state index in [2.05, 4.69) is 18.9 Å². The van der Waals surface area contributed by atoms with Crippen molar-refractivity contribution in [1.82, 2.24) is 4.90 Å². The van der Waals surface area contributed by atoms with E-state index in [0.717, 1.165) is 18.9 Å². The first-order valence-electron chi connectivity index (χ1n) is 7.03. The fraction of sp³-hybridized carbons (Fsp3) is 0.929. The third-order valence-electron chi connectivity index (χ3n) is 4.68. The summed E-state index contributed by atoms with van der Waals surface area (Å²) in [4.78, 5) is 3.50. The van der Waals surface area contributed by atoms with Crippen molar-refractivity contribution in [2.75, 3.05) is 13.6 Å². The largest absolute Gasteiger partial charge is 0.369 e. The Kier molecular flexibility index (Phi) is 4.17. The summed E-state index contributed by atoms with van der Waals surface area (Å²) in [5.74, 6) is 1.48. The molecule has 0 bridgehead atoms. The van der Waals surface area contributed by atoms with Crippen LogP contribution in [0.4, 0.5) is 0 Å². The molecule has 1 saturated heterocycles. The van der Waals surface area contributed by atoms with Crippen molar-refractivity contribution in [2.45, 2.75) is 57.2 Å². The Hall–Kier alpha value is -0.0451. The zero-order valence-electron chi connectivity index (χ0n) is 11.2. The molecule has 1 aliphatic carbocycles. The Labute approximate surface area is 113 Å². The van der Waals surface area contributed by atoms with Crippen LogP contribution in [0.15, 0.2) is 0 Å². The molecule has 2 radical (unpaired) electrons. The monoisotopic (exact) mass is 249 g/mol. The van der Waals surface area contributed by atoms with Crippen LogP contribution in [0, 0.1) is 11.8 Å².